The van der Waals surface area contributed by atoms with Gasteiger partial charge in [-0.3, -0.25) is 5.41 Å². The molecule has 0 saturated carbocycles. The molecule has 0 aliphatic rings. The fraction of sp³-hybridized carbons (Fsp3) is 0.158. The monoisotopic (exact) mass is 372 g/mol. The summed E-state index contributed by atoms with van der Waals surface area (Å²) in [6, 6.07) is 16.4. The molecule has 4 nitrogen and oxygen atoms in total. The number of hydrogen-bond donors (Lipinski definition) is 2. The fourth-order valence-electron chi connectivity index (χ4n) is 2.43. The predicted molar refractivity (Wildman–Crippen MR) is 107 cm³/mol. The molecular weight excluding hydrogens is 352 g/mol. The third-order valence-electron chi connectivity index (χ3n) is 3.53. The van der Waals surface area contributed by atoms with E-state index in [2.05, 4.69) is 52.0 Å². The van der Waals surface area contributed by atoms with Crippen LogP contribution >= 0.6 is 23.4 Å². The maximum Gasteiger partial charge on any atom is 0.0952 e. The van der Waals surface area contributed by atoms with E-state index in [0.29, 0.717) is 0 Å². The van der Waals surface area contributed by atoms with Gasteiger partial charge in [0.05, 0.1) is 18.4 Å². The lowest BCUT2D eigenvalue weighted by atomic mass is 10.1. The summed E-state index contributed by atoms with van der Waals surface area (Å²) in [7, 11) is 0. The Bertz CT molecular complexity index is 799. The molecule has 6 heteroatoms. The van der Waals surface area contributed by atoms with Gasteiger partial charge >= 0.3 is 0 Å². The molecule has 130 valence electrons. The van der Waals surface area contributed by atoms with Crippen LogP contribution in [0.5, 0.6) is 0 Å². The van der Waals surface area contributed by atoms with Crippen molar-refractivity contribution in [2.45, 2.75) is 17.9 Å². The first-order valence-corrected chi connectivity index (χ1v) is 9.34. The molecule has 2 aromatic carbocycles. The minimum Gasteiger partial charge on any atom is -0.390 e. The number of imidazole rings is 1. The molecule has 3 aromatic rings. The molecule has 1 aromatic heterocycles. The second kappa shape index (κ2) is 9.91. The van der Waals surface area contributed by atoms with Gasteiger partial charge in [-0.05, 0) is 35.6 Å². The number of nitrogens with one attached hydrogen (secondary N) is 1. The van der Waals surface area contributed by atoms with Crippen LogP contribution in [0.4, 0.5) is 0 Å². The van der Waals surface area contributed by atoms with Gasteiger partial charge in [0.15, 0.2) is 0 Å². The van der Waals surface area contributed by atoms with Gasteiger partial charge in [0.1, 0.15) is 0 Å². The van der Waals surface area contributed by atoms with E-state index in [4.69, 9.17) is 17.0 Å². The van der Waals surface area contributed by atoms with Crippen molar-refractivity contribution in [1.82, 2.24) is 9.55 Å². The molecule has 0 spiro atoms. The smallest absolute Gasteiger partial charge is 0.0952 e. The first-order valence-electron chi connectivity index (χ1n) is 7.74. The van der Waals surface area contributed by atoms with Gasteiger partial charge in [-0.1, -0.05) is 41.9 Å². The Morgan fingerprint density at radius 3 is 2.56 bits per heavy atom. The van der Waals surface area contributed by atoms with Crippen LogP contribution in [-0.4, -0.2) is 22.1 Å². The molecule has 0 amide bonds. The zero-order chi connectivity index (χ0) is 18.1. The van der Waals surface area contributed by atoms with Crippen LogP contribution in [-0.2, 0) is 13.0 Å². The summed E-state index contributed by atoms with van der Waals surface area (Å²) in [5.41, 5.74) is 8.03. The zero-order valence-corrected chi connectivity index (χ0v) is 15.6. The number of aromatic nitrogens is 2. The van der Waals surface area contributed by atoms with Gasteiger partial charge in [0.2, 0.25) is 0 Å². The van der Waals surface area contributed by atoms with Gasteiger partial charge in [0, 0.05) is 29.1 Å². The van der Waals surface area contributed by atoms with E-state index in [9.17, 15) is 0 Å². The average Bonchev–Trinajstić information content (AvgIpc) is 3.05. The van der Waals surface area contributed by atoms with Crippen molar-refractivity contribution < 1.29 is 0 Å². The first kappa shape index (κ1) is 19.1. The van der Waals surface area contributed by atoms with Gasteiger partial charge in [-0.15, -0.1) is 11.8 Å². The van der Waals surface area contributed by atoms with E-state index in [-0.39, 0.29) is 0 Å². The Morgan fingerprint density at radius 2 is 1.88 bits per heavy atom. The van der Waals surface area contributed by atoms with E-state index in [0.717, 1.165) is 30.0 Å². The molecule has 0 aliphatic heterocycles. The van der Waals surface area contributed by atoms with Gasteiger partial charge in [-0.2, -0.15) is 0 Å². The number of hydrogen-bond acceptors (Lipinski definition) is 3. The van der Waals surface area contributed by atoms with E-state index in [1.807, 2.05) is 30.6 Å². The highest BCUT2D eigenvalue weighted by molar-refractivity contribution is 7.98. The molecule has 0 saturated heterocycles. The maximum atomic E-state index is 5.92. The van der Waals surface area contributed by atoms with Crippen LogP contribution in [0.2, 0.25) is 5.02 Å². The Morgan fingerprint density at radius 1 is 1.20 bits per heavy atom. The van der Waals surface area contributed by atoms with Crippen LogP contribution < -0.4 is 5.73 Å². The van der Waals surface area contributed by atoms with Gasteiger partial charge in [0.25, 0.3) is 0 Å². The van der Waals surface area contributed by atoms with Gasteiger partial charge in [-0.25, -0.2) is 4.98 Å². The number of rotatable bonds is 5. The van der Waals surface area contributed by atoms with Crippen LogP contribution in [0.3, 0.4) is 0 Å². The van der Waals surface area contributed by atoms with Crippen LogP contribution in [0, 0.1) is 5.41 Å². The number of benzene rings is 2. The summed E-state index contributed by atoms with van der Waals surface area (Å²) in [5.74, 6) is 0. The number of nitrogens with zero attached hydrogens (tertiary/aromatic N) is 2. The standard InChI is InChI=1S/C18H17ClN2S.CH4N2/c1-22-18-5-3-2-4-15(18)10-17-12-21(13-20-17)11-14-6-8-16(19)9-7-14;2-1-3/h2-9,12-13H,10-11H2,1H3;1H,(H3,2,3). The molecule has 0 bridgehead atoms. The van der Waals surface area contributed by atoms with Crippen LogP contribution in [0.1, 0.15) is 16.8 Å². The lowest BCUT2D eigenvalue weighted by Crippen LogP contribution is -1.96. The Hall–Kier alpha value is -2.24. The molecule has 3 N–H and O–H groups in total. The van der Waals surface area contributed by atoms with Crippen molar-refractivity contribution >= 4 is 29.7 Å². The topological polar surface area (TPSA) is 67.7 Å². The van der Waals surface area contributed by atoms with E-state index < -0.39 is 0 Å². The number of thioether (sulfide) groups is 1. The molecular formula is C19H21ClN4S. The minimum atomic E-state index is 0.750. The summed E-state index contributed by atoms with van der Waals surface area (Å²) in [4.78, 5) is 5.84. The number of halogens is 1. The molecule has 1 heterocycles. The molecule has 0 fully saturated rings. The summed E-state index contributed by atoms with van der Waals surface area (Å²) in [6.07, 6.45) is 7.74. The quantitative estimate of drug-likeness (QED) is 0.395. The second-order valence-corrected chi connectivity index (χ2v) is 6.60. The maximum absolute atomic E-state index is 5.92. The lowest BCUT2D eigenvalue weighted by molar-refractivity contribution is 0.796. The second-order valence-electron chi connectivity index (χ2n) is 5.32. The highest BCUT2D eigenvalue weighted by Crippen LogP contribution is 2.22. The van der Waals surface area contributed by atoms with Crippen molar-refractivity contribution in [1.29, 1.82) is 5.41 Å². The third-order valence-corrected chi connectivity index (χ3v) is 4.62. The minimum absolute atomic E-state index is 0.750. The van der Waals surface area contributed by atoms with Crippen molar-refractivity contribution in [2.75, 3.05) is 6.26 Å². The highest BCUT2D eigenvalue weighted by atomic mass is 35.5. The summed E-state index contributed by atoms with van der Waals surface area (Å²) in [6.45, 7) is 0.814. The van der Waals surface area contributed by atoms with Gasteiger partial charge < -0.3 is 10.3 Å². The van der Waals surface area contributed by atoms with Crippen molar-refractivity contribution in [3.05, 3.63) is 82.9 Å². The predicted octanol–water partition coefficient (Wildman–Crippen LogP) is 4.45. The molecule has 0 unspecified atom stereocenters. The molecule has 25 heavy (non-hydrogen) atoms. The Kier molecular flexibility index (Phi) is 7.57. The third kappa shape index (κ3) is 5.96. The van der Waals surface area contributed by atoms with E-state index >= 15 is 0 Å². The molecule has 0 radical (unpaired) electrons. The fourth-order valence-corrected chi connectivity index (χ4v) is 3.17. The van der Waals surface area contributed by atoms with Crippen LogP contribution in [0.15, 0.2) is 66.0 Å². The first-order chi connectivity index (χ1) is 12.2. The normalized spacial score (nSPS) is 10.0. The van der Waals surface area contributed by atoms with E-state index in [1.165, 1.54) is 16.0 Å². The van der Waals surface area contributed by atoms with E-state index in [1.54, 1.807) is 11.8 Å². The molecule has 0 aliphatic carbocycles. The Labute approximate surface area is 157 Å². The van der Waals surface area contributed by atoms with Crippen molar-refractivity contribution in [2.24, 2.45) is 5.73 Å². The zero-order valence-electron chi connectivity index (χ0n) is 14.0. The average molecular weight is 373 g/mol. The summed E-state index contributed by atoms with van der Waals surface area (Å²) in [5, 5.41) is 6.63. The highest BCUT2D eigenvalue weighted by Gasteiger charge is 2.05. The largest absolute Gasteiger partial charge is 0.390 e. The summed E-state index contributed by atoms with van der Waals surface area (Å²) >= 11 is 7.69. The lowest BCUT2D eigenvalue weighted by Gasteiger charge is -2.05. The van der Waals surface area contributed by atoms with Crippen LogP contribution in [0.25, 0.3) is 0 Å². The Balaban J connectivity index is 0.000000701. The summed E-state index contributed by atoms with van der Waals surface area (Å²) < 4.78 is 2.11. The van der Waals surface area contributed by atoms with Crippen molar-refractivity contribution in [3.8, 4) is 0 Å². The molecule has 0 atom stereocenters. The number of nitrogens with two attached hydrogens (primary N) is 1. The van der Waals surface area contributed by atoms with Crippen molar-refractivity contribution in [3.63, 3.8) is 0 Å². The molecule has 3 rings (SSSR count). The SMILES string of the molecule is CSc1ccccc1Cc1cn(Cc2ccc(Cl)cc2)cn1.N=CN.